The van der Waals surface area contributed by atoms with E-state index in [4.69, 9.17) is 13.3 Å². The third-order valence-corrected chi connectivity index (χ3v) is 11.3. The van der Waals surface area contributed by atoms with Crippen molar-refractivity contribution >= 4 is 30.3 Å². The van der Waals surface area contributed by atoms with Gasteiger partial charge in [-0.15, -0.1) is 0 Å². The Morgan fingerprint density at radius 2 is 1.12 bits per heavy atom. The summed E-state index contributed by atoms with van der Waals surface area (Å²) in [5.74, 6) is 0. The molecule has 40 heavy (non-hydrogen) atoms. The molecule has 4 heteroatoms. The molecule has 0 saturated carbocycles. The van der Waals surface area contributed by atoms with Gasteiger partial charge in [0.2, 0.25) is 0 Å². The Kier molecular flexibility index (Phi) is 15.3. The molecule has 0 atom stereocenters. The quantitative estimate of drug-likeness (QED) is 0.0927. The summed E-state index contributed by atoms with van der Waals surface area (Å²) >= 11 is 0. The summed E-state index contributed by atoms with van der Waals surface area (Å²) in [7, 11) is -2.39. The van der Waals surface area contributed by atoms with E-state index in [0.29, 0.717) is 19.8 Å². The van der Waals surface area contributed by atoms with E-state index >= 15 is 0 Å². The van der Waals surface area contributed by atoms with Crippen LogP contribution < -0.4 is 0 Å². The number of fused-ring (bicyclic) bond motifs is 5. The molecule has 222 valence electrons. The zero-order chi connectivity index (χ0) is 28.5. The van der Waals surface area contributed by atoms with E-state index in [9.17, 15) is 0 Å². The van der Waals surface area contributed by atoms with Gasteiger partial charge in [-0.2, -0.15) is 0 Å². The van der Waals surface area contributed by atoms with Crippen LogP contribution in [-0.4, -0.2) is 28.6 Å². The highest BCUT2D eigenvalue weighted by Gasteiger charge is 2.39. The first-order valence-corrected chi connectivity index (χ1v) is 18.4. The zero-order valence-corrected chi connectivity index (χ0v) is 27.1. The lowest BCUT2D eigenvalue weighted by molar-refractivity contribution is 0.0706. The van der Waals surface area contributed by atoms with Crippen molar-refractivity contribution in [3.05, 3.63) is 59.7 Å². The Bertz CT molecular complexity index is 1090. The highest BCUT2D eigenvalue weighted by Crippen LogP contribution is 2.33. The van der Waals surface area contributed by atoms with Crippen LogP contribution in [0.2, 0.25) is 6.04 Å². The first kappa shape index (κ1) is 32.8. The number of unbranched alkanes of at least 4 members (excludes halogenated alkanes) is 9. The molecule has 4 rings (SSSR count). The first-order valence-electron chi connectivity index (χ1n) is 16.5. The van der Waals surface area contributed by atoms with Crippen LogP contribution in [0.4, 0.5) is 0 Å². The molecular formula is C36H56O3Si. The first-order chi connectivity index (χ1) is 19.7. The van der Waals surface area contributed by atoms with Gasteiger partial charge in [-0.3, -0.25) is 0 Å². The smallest absolute Gasteiger partial charge is 0.374 e. The number of hydrogen-bond donors (Lipinski definition) is 0. The summed E-state index contributed by atoms with van der Waals surface area (Å²) < 4.78 is 17.7. The lowest BCUT2D eigenvalue weighted by Gasteiger charge is -2.28. The summed E-state index contributed by atoms with van der Waals surface area (Å²) in [5, 5.41) is 5.64. The highest BCUT2D eigenvalue weighted by molar-refractivity contribution is 6.60. The van der Waals surface area contributed by atoms with Crippen molar-refractivity contribution in [2.24, 2.45) is 0 Å². The molecule has 0 N–H and O–H groups in total. The summed E-state index contributed by atoms with van der Waals surface area (Å²) in [6.45, 7) is 10.4. The maximum Gasteiger partial charge on any atom is 0.500 e. The summed E-state index contributed by atoms with van der Waals surface area (Å²) in [6, 6.07) is 18.9. The Morgan fingerprint density at radius 1 is 0.550 bits per heavy atom. The van der Waals surface area contributed by atoms with Gasteiger partial charge >= 0.3 is 8.80 Å². The predicted octanol–water partition coefficient (Wildman–Crippen LogP) is 10.8. The maximum atomic E-state index is 5.89. The second-order valence-electron chi connectivity index (χ2n) is 11.2. The van der Waals surface area contributed by atoms with Gasteiger partial charge in [0, 0.05) is 25.9 Å². The lowest BCUT2D eigenvalue weighted by Crippen LogP contribution is -2.45. The van der Waals surface area contributed by atoms with Crippen molar-refractivity contribution in [2.75, 3.05) is 19.8 Å². The minimum Gasteiger partial charge on any atom is -0.374 e. The van der Waals surface area contributed by atoms with Crippen LogP contribution in [0.1, 0.15) is 116 Å². The molecule has 0 aromatic heterocycles. The lowest BCUT2D eigenvalue weighted by atomic mass is 9.86. The minimum atomic E-state index is -2.39. The maximum absolute atomic E-state index is 5.89. The van der Waals surface area contributed by atoms with Crippen LogP contribution in [0, 0.1) is 0 Å². The SMILES string of the molecule is CCCCCCCCCCCC[Si](OCC)(OCC)OCC.c1ccc2c(c1)ccc1c3c(ccc12)CCCC3. The Hall–Kier alpha value is -1.72. The van der Waals surface area contributed by atoms with Crippen molar-refractivity contribution in [3.8, 4) is 0 Å². The minimum absolute atomic E-state index is 0.685. The van der Waals surface area contributed by atoms with Gasteiger partial charge in [0.25, 0.3) is 0 Å². The van der Waals surface area contributed by atoms with Crippen molar-refractivity contribution in [1.82, 2.24) is 0 Å². The van der Waals surface area contributed by atoms with Crippen molar-refractivity contribution < 1.29 is 13.3 Å². The molecule has 0 amide bonds. The molecule has 0 saturated heterocycles. The van der Waals surface area contributed by atoms with E-state index in [0.717, 1.165) is 6.04 Å². The molecule has 1 aliphatic carbocycles. The fraction of sp³-hybridized carbons (Fsp3) is 0.611. The van der Waals surface area contributed by atoms with Crippen LogP contribution >= 0.6 is 0 Å². The third kappa shape index (κ3) is 9.97. The van der Waals surface area contributed by atoms with Gasteiger partial charge in [0.05, 0.1) is 0 Å². The largest absolute Gasteiger partial charge is 0.500 e. The van der Waals surface area contributed by atoms with Crippen LogP contribution in [-0.2, 0) is 26.1 Å². The summed E-state index contributed by atoms with van der Waals surface area (Å²) in [4.78, 5) is 0. The Labute approximate surface area is 246 Å². The van der Waals surface area contributed by atoms with Crippen LogP contribution in [0.5, 0.6) is 0 Å². The monoisotopic (exact) mass is 564 g/mol. The second-order valence-corrected chi connectivity index (χ2v) is 13.9. The fourth-order valence-electron chi connectivity index (χ4n) is 6.17. The second kappa shape index (κ2) is 18.7. The number of rotatable bonds is 17. The molecule has 0 radical (unpaired) electrons. The van der Waals surface area contributed by atoms with E-state index in [1.165, 1.54) is 111 Å². The molecule has 3 aromatic rings. The molecule has 0 aliphatic heterocycles. The third-order valence-electron chi connectivity index (χ3n) is 8.19. The fourth-order valence-corrected chi connectivity index (χ4v) is 8.86. The molecular weight excluding hydrogens is 508 g/mol. The average molecular weight is 565 g/mol. The van der Waals surface area contributed by atoms with Crippen LogP contribution in [0.25, 0.3) is 21.5 Å². The van der Waals surface area contributed by atoms with Gasteiger partial charge in [0.15, 0.2) is 0 Å². The number of benzene rings is 3. The average Bonchev–Trinajstić information content (AvgIpc) is 2.98. The van der Waals surface area contributed by atoms with Gasteiger partial charge in [-0.25, -0.2) is 0 Å². The highest BCUT2D eigenvalue weighted by atomic mass is 28.4. The zero-order valence-electron chi connectivity index (χ0n) is 26.1. The molecule has 0 heterocycles. The molecule has 1 aliphatic rings. The van der Waals surface area contributed by atoms with Crippen LogP contribution in [0.15, 0.2) is 48.5 Å². The normalized spacial score (nSPS) is 13.3. The van der Waals surface area contributed by atoms with E-state index in [1.807, 2.05) is 20.8 Å². The number of aryl methyl sites for hydroxylation is 2. The molecule has 3 aromatic carbocycles. The van der Waals surface area contributed by atoms with E-state index in [-0.39, 0.29) is 0 Å². The summed E-state index contributed by atoms with van der Waals surface area (Å²) in [5.41, 5.74) is 3.17. The topological polar surface area (TPSA) is 27.7 Å². The van der Waals surface area contributed by atoms with Crippen molar-refractivity contribution in [3.63, 3.8) is 0 Å². The Balaban J connectivity index is 0.000000223. The number of hydrogen-bond acceptors (Lipinski definition) is 3. The standard InChI is InChI=1S/C18H40O3Si.C18H16/c1-5-9-10-11-12-13-14-15-16-17-18-22(19-6-2,20-7-3)21-8-4;1-3-7-15-13(5-1)9-11-18-16-8-4-2-6-14(16)10-12-17(15)18/h5-18H2,1-4H3;1,3,5,7,9-12H,2,4,6,8H2. The molecule has 0 unspecified atom stereocenters. The van der Waals surface area contributed by atoms with Gasteiger partial charge in [0.1, 0.15) is 0 Å². The Morgan fingerprint density at radius 3 is 1.77 bits per heavy atom. The van der Waals surface area contributed by atoms with E-state index < -0.39 is 8.80 Å². The van der Waals surface area contributed by atoms with E-state index in [1.54, 1.807) is 11.1 Å². The van der Waals surface area contributed by atoms with Gasteiger partial charge < -0.3 is 13.3 Å². The molecule has 0 bridgehead atoms. The van der Waals surface area contributed by atoms with Crippen molar-refractivity contribution in [2.45, 2.75) is 124 Å². The molecule has 0 fully saturated rings. The molecule has 0 spiro atoms. The molecule has 3 nitrogen and oxygen atoms in total. The summed E-state index contributed by atoms with van der Waals surface area (Å²) in [6.07, 6.45) is 18.8. The predicted molar refractivity (Wildman–Crippen MR) is 175 cm³/mol. The van der Waals surface area contributed by atoms with Crippen molar-refractivity contribution in [1.29, 1.82) is 0 Å². The van der Waals surface area contributed by atoms with E-state index in [2.05, 4.69) is 55.5 Å². The van der Waals surface area contributed by atoms with Gasteiger partial charge in [-0.1, -0.05) is 113 Å². The van der Waals surface area contributed by atoms with Gasteiger partial charge in [-0.05, 0) is 85.5 Å². The van der Waals surface area contributed by atoms with Crippen LogP contribution in [0.3, 0.4) is 0 Å².